The third-order valence-electron chi connectivity index (χ3n) is 4.39. The van der Waals surface area contributed by atoms with Crippen LogP contribution in [0.3, 0.4) is 0 Å². The Balaban J connectivity index is 1.84. The molecule has 27 heavy (non-hydrogen) atoms. The van der Waals surface area contributed by atoms with Gasteiger partial charge in [0, 0.05) is 5.69 Å². The third-order valence-corrected chi connectivity index (χ3v) is 5.04. The van der Waals surface area contributed by atoms with Crippen molar-refractivity contribution >= 4 is 35.2 Å². The molecule has 140 valence electrons. The minimum atomic E-state index is -0.869. The van der Waals surface area contributed by atoms with Crippen LogP contribution in [0.1, 0.15) is 27.1 Å². The van der Waals surface area contributed by atoms with Crippen molar-refractivity contribution < 1.29 is 19.1 Å². The molecule has 3 amide bonds. The monoisotopic (exact) mass is 384 g/mol. The predicted octanol–water partition coefficient (Wildman–Crippen LogP) is 3.05. The van der Waals surface area contributed by atoms with Gasteiger partial charge in [0.1, 0.15) is 11.8 Å². The van der Waals surface area contributed by atoms with Crippen molar-refractivity contribution in [3.63, 3.8) is 0 Å². The number of rotatable bonds is 7. The van der Waals surface area contributed by atoms with E-state index in [0.717, 1.165) is 4.90 Å². The number of anilines is 1. The van der Waals surface area contributed by atoms with E-state index in [0.29, 0.717) is 34.7 Å². The van der Waals surface area contributed by atoms with Gasteiger partial charge in [0.2, 0.25) is 5.91 Å². The summed E-state index contributed by atoms with van der Waals surface area (Å²) in [7, 11) is 1.56. The average Bonchev–Trinajstić information content (AvgIpc) is 2.94. The van der Waals surface area contributed by atoms with Crippen molar-refractivity contribution in [2.24, 2.45) is 0 Å². The van der Waals surface area contributed by atoms with Gasteiger partial charge in [-0.05, 0) is 54.8 Å². The summed E-state index contributed by atoms with van der Waals surface area (Å²) in [4.78, 5) is 39.5. The molecule has 0 saturated heterocycles. The molecule has 0 saturated carbocycles. The zero-order valence-electron chi connectivity index (χ0n) is 15.1. The number of nitrogens with zero attached hydrogens (tertiary/aromatic N) is 1. The second-order valence-electron chi connectivity index (χ2n) is 6.04. The van der Waals surface area contributed by atoms with Crippen molar-refractivity contribution in [3.8, 4) is 5.75 Å². The van der Waals surface area contributed by atoms with E-state index in [4.69, 9.17) is 4.74 Å². The van der Waals surface area contributed by atoms with Crippen LogP contribution in [0.15, 0.2) is 48.5 Å². The molecular formula is C20H20N2O4S. The van der Waals surface area contributed by atoms with Gasteiger partial charge in [-0.1, -0.05) is 12.1 Å². The van der Waals surface area contributed by atoms with E-state index in [9.17, 15) is 14.4 Å². The highest BCUT2D eigenvalue weighted by molar-refractivity contribution is 7.98. The second kappa shape index (κ2) is 8.26. The molecule has 0 bridgehead atoms. The molecule has 1 heterocycles. The van der Waals surface area contributed by atoms with Crippen molar-refractivity contribution in [2.45, 2.75) is 12.5 Å². The molecule has 0 aromatic heterocycles. The van der Waals surface area contributed by atoms with E-state index in [1.54, 1.807) is 67.4 Å². The van der Waals surface area contributed by atoms with Crippen LogP contribution in [-0.4, -0.2) is 47.8 Å². The summed E-state index contributed by atoms with van der Waals surface area (Å²) in [5, 5.41) is 2.80. The normalized spacial score (nSPS) is 14.1. The Hall–Kier alpha value is -2.80. The molecule has 3 rings (SSSR count). The van der Waals surface area contributed by atoms with Crippen molar-refractivity contribution in [1.29, 1.82) is 0 Å². The Labute approximate surface area is 161 Å². The largest absolute Gasteiger partial charge is 0.497 e. The second-order valence-corrected chi connectivity index (χ2v) is 7.03. The summed E-state index contributed by atoms with van der Waals surface area (Å²) in [6.45, 7) is 0. The maximum absolute atomic E-state index is 12.9. The Morgan fingerprint density at radius 3 is 2.19 bits per heavy atom. The van der Waals surface area contributed by atoms with E-state index in [-0.39, 0.29) is 5.91 Å². The van der Waals surface area contributed by atoms with Crippen LogP contribution in [-0.2, 0) is 4.79 Å². The Morgan fingerprint density at radius 2 is 1.67 bits per heavy atom. The highest BCUT2D eigenvalue weighted by Gasteiger charge is 2.42. The number of carbonyl (C=O) groups excluding carboxylic acids is 3. The van der Waals surface area contributed by atoms with Crippen LogP contribution in [0.4, 0.5) is 5.69 Å². The summed E-state index contributed by atoms with van der Waals surface area (Å²) in [5.74, 6) is 0.0860. The molecule has 2 aromatic carbocycles. The van der Waals surface area contributed by atoms with Gasteiger partial charge in [-0.2, -0.15) is 11.8 Å². The minimum Gasteiger partial charge on any atom is -0.497 e. The van der Waals surface area contributed by atoms with Crippen LogP contribution in [0.5, 0.6) is 5.75 Å². The van der Waals surface area contributed by atoms with Crippen LogP contribution in [0.2, 0.25) is 0 Å². The van der Waals surface area contributed by atoms with Crippen LogP contribution < -0.4 is 10.1 Å². The molecule has 1 atom stereocenters. The number of methoxy groups -OCH3 is 1. The number of hydrogen-bond donors (Lipinski definition) is 1. The molecule has 2 aromatic rings. The standard InChI is InChI=1S/C20H20N2O4S/c1-26-14-9-7-13(8-10-14)21-18(23)17(11-12-27-2)22-19(24)15-5-3-4-6-16(15)20(22)25/h3-10,17H,11-12H2,1-2H3,(H,21,23)/t17-/m0/s1. The number of nitrogens with one attached hydrogen (secondary N) is 1. The molecule has 6 nitrogen and oxygen atoms in total. The highest BCUT2D eigenvalue weighted by Crippen LogP contribution is 2.27. The summed E-state index contributed by atoms with van der Waals surface area (Å²) < 4.78 is 5.11. The Bertz CT molecular complexity index is 832. The van der Waals surface area contributed by atoms with Gasteiger partial charge in [-0.25, -0.2) is 0 Å². The smallest absolute Gasteiger partial charge is 0.262 e. The first-order valence-electron chi connectivity index (χ1n) is 8.47. The van der Waals surface area contributed by atoms with E-state index < -0.39 is 17.9 Å². The van der Waals surface area contributed by atoms with Gasteiger partial charge in [0.25, 0.3) is 11.8 Å². The number of benzene rings is 2. The summed E-state index contributed by atoms with van der Waals surface area (Å²) in [6, 6.07) is 12.7. The van der Waals surface area contributed by atoms with Gasteiger partial charge < -0.3 is 10.1 Å². The van der Waals surface area contributed by atoms with E-state index in [1.807, 2.05) is 6.26 Å². The van der Waals surface area contributed by atoms with Gasteiger partial charge in [0.15, 0.2) is 0 Å². The van der Waals surface area contributed by atoms with Crippen LogP contribution in [0.25, 0.3) is 0 Å². The molecule has 7 heteroatoms. The molecular weight excluding hydrogens is 364 g/mol. The first kappa shape index (κ1) is 19.0. The van der Waals surface area contributed by atoms with E-state index in [2.05, 4.69) is 5.32 Å². The first-order valence-corrected chi connectivity index (χ1v) is 9.87. The number of thioether (sulfide) groups is 1. The van der Waals surface area contributed by atoms with Gasteiger partial charge in [-0.3, -0.25) is 19.3 Å². The van der Waals surface area contributed by atoms with Crippen molar-refractivity contribution in [3.05, 3.63) is 59.7 Å². The molecule has 0 spiro atoms. The number of imide groups is 1. The quantitative estimate of drug-likeness (QED) is 0.743. The predicted molar refractivity (Wildman–Crippen MR) is 105 cm³/mol. The number of hydrogen-bond acceptors (Lipinski definition) is 5. The lowest BCUT2D eigenvalue weighted by molar-refractivity contribution is -0.120. The lowest BCUT2D eigenvalue weighted by atomic mass is 10.1. The number of amides is 3. The Morgan fingerprint density at radius 1 is 1.07 bits per heavy atom. The van der Waals surface area contributed by atoms with Gasteiger partial charge in [-0.15, -0.1) is 0 Å². The fourth-order valence-electron chi connectivity index (χ4n) is 3.00. The lowest BCUT2D eigenvalue weighted by Gasteiger charge is -2.25. The molecule has 0 aliphatic carbocycles. The summed E-state index contributed by atoms with van der Waals surface area (Å²) in [5.41, 5.74) is 1.26. The highest BCUT2D eigenvalue weighted by atomic mass is 32.2. The van der Waals surface area contributed by atoms with Crippen LogP contribution >= 0.6 is 11.8 Å². The zero-order chi connectivity index (χ0) is 19.4. The maximum Gasteiger partial charge on any atom is 0.262 e. The third kappa shape index (κ3) is 3.83. The van der Waals surface area contributed by atoms with E-state index in [1.165, 1.54) is 0 Å². The molecule has 1 aliphatic heterocycles. The molecule has 0 fully saturated rings. The molecule has 1 N–H and O–H groups in total. The molecule has 1 aliphatic rings. The van der Waals surface area contributed by atoms with Crippen LogP contribution in [0, 0.1) is 0 Å². The zero-order valence-corrected chi connectivity index (χ0v) is 15.9. The van der Waals surface area contributed by atoms with Crippen molar-refractivity contribution in [1.82, 2.24) is 4.90 Å². The number of fused-ring (bicyclic) bond motifs is 1. The lowest BCUT2D eigenvalue weighted by Crippen LogP contribution is -2.47. The van der Waals surface area contributed by atoms with Crippen molar-refractivity contribution in [2.75, 3.05) is 24.4 Å². The topological polar surface area (TPSA) is 75.7 Å². The Kier molecular flexibility index (Phi) is 5.81. The number of ether oxygens (including phenoxy) is 1. The van der Waals surface area contributed by atoms with E-state index >= 15 is 0 Å². The molecule has 0 radical (unpaired) electrons. The molecule has 0 unspecified atom stereocenters. The fraction of sp³-hybridized carbons (Fsp3) is 0.250. The minimum absolute atomic E-state index is 0.342. The average molecular weight is 384 g/mol. The SMILES string of the molecule is COc1ccc(NC(=O)[C@H](CCSC)N2C(=O)c3ccccc3C2=O)cc1. The fourth-order valence-corrected chi connectivity index (χ4v) is 3.46. The van der Waals surface area contributed by atoms with Gasteiger partial charge >= 0.3 is 0 Å². The van der Waals surface area contributed by atoms with Gasteiger partial charge in [0.05, 0.1) is 18.2 Å². The summed E-state index contributed by atoms with van der Waals surface area (Å²) in [6.07, 6.45) is 2.30. The maximum atomic E-state index is 12.9. The number of carbonyl (C=O) groups is 3. The summed E-state index contributed by atoms with van der Waals surface area (Å²) >= 11 is 1.56. The first-order chi connectivity index (χ1) is 13.1.